The summed E-state index contributed by atoms with van der Waals surface area (Å²) in [6, 6.07) is 22.5. The fourth-order valence-corrected chi connectivity index (χ4v) is 5.91. The lowest BCUT2D eigenvalue weighted by atomic mass is 9.98. The summed E-state index contributed by atoms with van der Waals surface area (Å²) in [6.07, 6.45) is 2.41. The quantitative estimate of drug-likeness (QED) is 0.216. The number of amides is 1. The third kappa shape index (κ3) is 7.07. The lowest BCUT2D eigenvalue weighted by molar-refractivity contribution is 0.0696. The van der Waals surface area contributed by atoms with Gasteiger partial charge in [0.2, 0.25) is 0 Å². The molecular weight excluding hydrogens is 556 g/mol. The number of rotatable bonds is 8. The number of hydrogen-bond donors (Lipinski definition) is 2. The summed E-state index contributed by atoms with van der Waals surface area (Å²) in [5.41, 5.74) is 5.46. The van der Waals surface area contributed by atoms with Gasteiger partial charge in [0.05, 0.1) is 11.3 Å². The van der Waals surface area contributed by atoms with Gasteiger partial charge in [0.15, 0.2) is 5.13 Å². The van der Waals surface area contributed by atoms with Crippen molar-refractivity contribution in [3.63, 3.8) is 0 Å². The zero-order valence-corrected chi connectivity index (χ0v) is 25.0. The molecule has 0 aliphatic carbocycles. The van der Waals surface area contributed by atoms with Gasteiger partial charge in [0.1, 0.15) is 0 Å². The van der Waals surface area contributed by atoms with Gasteiger partial charge in [-0.05, 0) is 93.3 Å². The maximum absolute atomic E-state index is 12.9. The SMILES string of the molecule is CC1CCN(c2ccc(C(=O)Nc3ccc(-c4csc(N(c5ccc(C(=O)O)cc5)C(C)C)n4)cc3)cc2)CC1.Cl. The van der Waals surface area contributed by atoms with Crippen LogP contribution in [0.2, 0.25) is 0 Å². The molecule has 1 aliphatic heterocycles. The Labute approximate surface area is 251 Å². The van der Waals surface area contributed by atoms with E-state index in [1.807, 2.05) is 66.0 Å². The number of benzene rings is 3. The molecule has 3 aromatic carbocycles. The van der Waals surface area contributed by atoms with Crippen LogP contribution in [-0.2, 0) is 0 Å². The van der Waals surface area contributed by atoms with Crippen molar-refractivity contribution >= 4 is 57.8 Å². The lowest BCUT2D eigenvalue weighted by Crippen LogP contribution is -2.32. The Kier molecular flexibility index (Phi) is 9.68. The van der Waals surface area contributed by atoms with Crippen molar-refractivity contribution in [3.05, 3.63) is 89.3 Å². The average molecular weight is 591 g/mol. The molecule has 9 heteroatoms. The molecule has 2 N–H and O–H groups in total. The molecule has 0 saturated carbocycles. The minimum Gasteiger partial charge on any atom is -0.478 e. The molecule has 0 spiro atoms. The Bertz CT molecular complexity index is 1460. The number of halogens is 1. The molecule has 0 atom stereocenters. The van der Waals surface area contributed by atoms with Crippen LogP contribution in [0.3, 0.4) is 0 Å². The molecule has 1 fully saturated rings. The van der Waals surface area contributed by atoms with E-state index in [9.17, 15) is 14.7 Å². The zero-order chi connectivity index (χ0) is 28.2. The van der Waals surface area contributed by atoms with E-state index in [1.54, 1.807) is 12.1 Å². The molecule has 2 heterocycles. The maximum Gasteiger partial charge on any atom is 0.335 e. The van der Waals surface area contributed by atoms with E-state index >= 15 is 0 Å². The minimum atomic E-state index is -0.945. The Morgan fingerprint density at radius 3 is 2.15 bits per heavy atom. The fourth-order valence-electron chi connectivity index (χ4n) is 4.92. The van der Waals surface area contributed by atoms with Crippen LogP contribution in [0.15, 0.2) is 78.2 Å². The third-order valence-corrected chi connectivity index (χ3v) is 8.16. The molecule has 1 aromatic heterocycles. The number of nitrogens with zero attached hydrogens (tertiary/aromatic N) is 3. The van der Waals surface area contributed by atoms with E-state index in [2.05, 4.69) is 35.9 Å². The van der Waals surface area contributed by atoms with Crippen molar-refractivity contribution in [3.8, 4) is 11.3 Å². The van der Waals surface area contributed by atoms with E-state index in [-0.39, 0.29) is 29.9 Å². The number of carbonyl (C=O) groups is 2. The summed E-state index contributed by atoms with van der Waals surface area (Å²) in [7, 11) is 0. The van der Waals surface area contributed by atoms with Crippen molar-refractivity contribution in [2.45, 2.75) is 39.7 Å². The van der Waals surface area contributed by atoms with Crippen LogP contribution in [0.1, 0.15) is 54.3 Å². The number of carboxylic acids is 1. The van der Waals surface area contributed by atoms with Crippen molar-refractivity contribution in [2.24, 2.45) is 5.92 Å². The van der Waals surface area contributed by atoms with Crippen molar-refractivity contribution < 1.29 is 14.7 Å². The molecule has 1 amide bonds. The first-order valence-electron chi connectivity index (χ1n) is 13.6. The maximum atomic E-state index is 12.9. The van der Waals surface area contributed by atoms with Gasteiger partial charge in [-0.25, -0.2) is 9.78 Å². The number of carboxylic acid groups (broad SMARTS) is 1. The summed E-state index contributed by atoms with van der Waals surface area (Å²) in [5.74, 6) is -0.298. The smallest absolute Gasteiger partial charge is 0.335 e. The van der Waals surface area contributed by atoms with E-state index < -0.39 is 5.97 Å². The number of anilines is 4. The summed E-state index contributed by atoms with van der Waals surface area (Å²) < 4.78 is 0. The fraction of sp³-hybridized carbons (Fsp3) is 0.281. The summed E-state index contributed by atoms with van der Waals surface area (Å²) in [6.45, 7) is 8.58. The van der Waals surface area contributed by atoms with Crippen molar-refractivity contribution in [2.75, 3.05) is 28.2 Å². The minimum absolute atomic E-state index is 0. The predicted octanol–water partition coefficient (Wildman–Crippen LogP) is 7.97. The number of hydrogen-bond acceptors (Lipinski definition) is 6. The number of aromatic nitrogens is 1. The standard InChI is InChI=1S/C32H34N4O3S.ClH/c1-21(2)36(28-14-8-25(9-15-28)31(38)39)32-34-29(20-40-32)23-4-10-26(11-5-23)33-30(37)24-6-12-27(13-7-24)35-18-16-22(3)17-19-35;/h4-15,20-22H,16-19H2,1-3H3,(H,33,37)(H,38,39);1H. The second kappa shape index (κ2) is 13.2. The van der Waals surface area contributed by atoms with Gasteiger partial charge < -0.3 is 20.2 Å². The second-order valence-electron chi connectivity index (χ2n) is 10.6. The number of carbonyl (C=O) groups excluding carboxylic acids is 1. The topological polar surface area (TPSA) is 85.8 Å². The van der Waals surface area contributed by atoms with Gasteiger partial charge in [-0.3, -0.25) is 4.79 Å². The van der Waals surface area contributed by atoms with Gasteiger partial charge in [-0.15, -0.1) is 23.7 Å². The van der Waals surface area contributed by atoms with Gasteiger partial charge in [0, 0.05) is 52.7 Å². The summed E-state index contributed by atoms with van der Waals surface area (Å²) in [5, 5.41) is 15.0. The van der Waals surface area contributed by atoms with E-state index in [1.165, 1.54) is 29.9 Å². The van der Waals surface area contributed by atoms with Gasteiger partial charge in [-0.1, -0.05) is 19.1 Å². The zero-order valence-electron chi connectivity index (χ0n) is 23.4. The van der Waals surface area contributed by atoms with E-state index in [4.69, 9.17) is 4.98 Å². The monoisotopic (exact) mass is 590 g/mol. The predicted molar refractivity (Wildman–Crippen MR) is 170 cm³/mol. The highest BCUT2D eigenvalue weighted by molar-refractivity contribution is 7.14. The van der Waals surface area contributed by atoms with E-state index in [0.717, 1.165) is 46.8 Å². The van der Waals surface area contributed by atoms with Crippen LogP contribution in [0.25, 0.3) is 11.3 Å². The van der Waals surface area contributed by atoms with Gasteiger partial charge >= 0.3 is 5.97 Å². The van der Waals surface area contributed by atoms with Crippen molar-refractivity contribution in [1.29, 1.82) is 0 Å². The molecule has 0 radical (unpaired) electrons. The van der Waals surface area contributed by atoms with Crippen LogP contribution in [-0.4, -0.2) is 41.1 Å². The van der Waals surface area contributed by atoms with Crippen molar-refractivity contribution in [1.82, 2.24) is 4.98 Å². The molecule has 5 rings (SSSR count). The van der Waals surface area contributed by atoms with Crippen LogP contribution < -0.4 is 15.1 Å². The van der Waals surface area contributed by atoms with Crippen LogP contribution in [0.5, 0.6) is 0 Å². The molecular formula is C32H35ClN4O3S. The normalized spacial score (nSPS) is 13.5. The number of aromatic carboxylic acids is 1. The molecule has 1 aliphatic rings. The first kappa shape index (κ1) is 30.1. The summed E-state index contributed by atoms with van der Waals surface area (Å²) >= 11 is 1.53. The molecule has 41 heavy (non-hydrogen) atoms. The largest absolute Gasteiger partial charge is 0.478 e. The molecule has 4 aromatic rings. The molecule has 0 bridgehead atoms. The van der Waals surface area contributed by atoms with Gasteiger partial charge in [0.25, 0.3) is 5.91 Å². The Balaban J connectivity index is 0.00000387. The Hall–Kier alpha value is -3.88. The average Bonchev–Trinajstić information content (AvgIpc) is 3.43. The molecule has 1 saturated heterocycles. The first-order chi connectivity index (χ1) is 19.3. The number of thiazole rings is 1. The van der Waals surface area contributed by atoms with E-state index in [0.29, 0.717) is 5.56 Å². The van der Waals surface area contributed by atoms with Crippen LogP contribution in [0, 0.1) is 5.92 Å². The molecule has 214 valence electrons. The highest BCUT2D eigenvalue weighted by Gasteiger charge is 2.19. The van der Waals surface area contributed by atoms with Crippen LogP contribution >= 0.6 is 23.7 Å². The molecule has 7 nitrogen and oxygen atoms in total. The second-order valence-corrected chi connectivity index (χ2v) is 11.4. The Morgan fingerprint density at radius 1 is 0.951 bits per heavy atom. The summed E-state index contributed by atoms with van der Waals surface area (Å²) in [4.78, 5) is 33.4. The first-order valence-corrected chi connectivity index (χ1v) is 14.5. The Morgan fingerprint density at radius 2 is 1.56 bits per heavy atom. The highest BCUT2D eigenvalue weighted by Crippen LogP contribution is 2.34. The third-order valence-electron chi connectivity index (χ3n) is 7.32. The van der Waals surface area contributed by atoms with Crippen LogP contribution in [0.4, 0.5) is 22.2 Å². The lowest BCUT2D eigenvalue weighted by Gasteiger charge is -2.32. The number of nitrogens with one attached hydrogen (secondary N) is 1. The van der Waals surface area contributed by atoms with Gasteiger partial charge in [-0.2, -0.15) is 0 Å². The highest BCUT2D eigenvalue weighted by atomic mass is 35.5. The number of piperidine rings is 1. The molecule has 0 unspecified atom stereocenters.